The molecule has 0 aliphatic carbocycles. The van der Waals surface area contributed by atoms with Crippen LogP contribution in [-0.4, -0.2) is 71.0 Å². The fourth-order valence-corrected chi connectivity index (χ4v) is 6.36. The highest BCUT2D eigenvalue weighted by atomic mass is 32.1. The molecule has 1 fully saturated rings. The summed E-state index contributed by atoms with van der Waals surface area (Å²) < 4.78 is 31.1. The van der Waals surface area contributed by atoms with Crippen LogP contribution in [0.4, 0.5) is 10.1 Å². The van der Waals surface area contributed by atoms with Crippen molar-refractivity contribution in [3.05, 3.63) is 57.9 Å². The molecule has 200 valence electrons. The van der Waals surface area contributed by atoms with Crippen molar-refractivity contribution >= 4 is 32.9 Å². The summed E-state index contributed by atoms with van der Waals surface area (Å²) in [5, 5.41) is 6.97. The van der Waals surface area contributed by atoms with Crippen molar-refractivity contribution in [3.63, 3.8) is 0 Å². The minimum atomic E-state index is -0.449. The second-order valence-electron chi connectivity index (χ2n) is 10.1. The number of ether oxygens (including phenoxy) is 2. The maximum atomic E-state index is 15.7. The monoisotopic (exact) mass is 546 g/mol. The molecule has 0 bridgehead atoms. The van der Waals surface area contributed by atoms with Crippen LogP contribution in [0.5, 0.6) is 11.5 Å². The van der Waals surface area contributed by atoms with Crippen LogP contribution in [0, 0.1) is 5.82 Å². The van der Waals surface area contributed by atoms with Crippen LogP contribution in [0.1, 0.15) is 13.0 Å². The first-order chi connectivity index (χ1) is 18.9. The van der Waals surface area contributed by atoms with Gasteiger partial charge in [0.2, 0.25) is 10.4 Å². The van der Waals surface area contributed by atoms with E-state index in [1.807, 2.05) is 46.0 Å². The lowest BCUT2D eigenvalue weighted by molar-refractivity contribution is 0.245. The summed E-state index contributed by atoms with van der Waals surface area (Å²) in [7, 11) is 3.69. The smallest absolute Gasteiger partial charge is 0.213 e. The van der Waals surface area contributed by atoms with Gasteiger partial charge in [0.15, 0.2) is 17.4 Å². The Morgan fingerprint density at radius 1 is 1.15 bits per heavy atom. The lowest BCUT2D eigenvalue weighted by Crippen LogP contribution is -2.45. The second-order valence-corrected chi connectivity index (χ2v) is 10.9. The Labute approximate surface area is 227 Å². The standard InChI is InChI=1S/C28H27FN6O3S/c1-16-14-38-26-23-18(12-20(29)24(26)33-10-8-32(2)9-11-33)25(36)19(13-34(16)23)27-30-28-35(31-27)21(15-39-28)17-6-4-5-7-22(17)37-3/h4-7,12-13,15-16H,8-11,14H2,1-3H3. The molecular formula is C28H27FN6O3S. The number of halogens is 1. The summed E-state index contributed by atoms with van der Waals surface area (Å²) in [6.45, 7) is 5.44. The van der Waals surface area contributed by atoms with E-state index in [9.17, 15) is 4.79 Å². The van der Waals surface area contributed by atoms with E-state index < -0.39 is 5.82 Å². The van der Waals surface area contributed by atoms with Gasteiger partial charge in [-0.15, -0.1) is 16.4 Å². The second kappa shape index (κ2) is 9.06. The summed E-state index contributed by atoms with van der Waals surface area (Å²) in [5.41, 5.74) is 2.76. The van der Waals surface area contributed by atoms with Crippen molar-refractivity contribution in [2.24, 2.45) is 0 Å². The van der Waals surface area contributed by atoms with Gasteiger partial charge in [0, 0.05) is 43.3 Å². The zero-order chi connectivity index (χ0) is 26.8. The number of pyridine rings is 1. The van der Waals surface area contributed by atoms with E-state index >= 15 is 4.39 Å². The SMILES string of the molecule is COc1ccccc1-c1csc2nc(-c3cn4c5c(c(N6CCN(C)CC6)c(F)cc5c3=O)OCC4C)nn12. The van der Waals surface area contributed by atoms with E-state index in [4.69, 9.17) is 19.6 Å². The summed E-state index contributed by atoms with van der Waals surface area (Å²) >= 11 is 1.43. The van der Waals surface area contributed by atoms with Crippen LogP contribution < -0.4 is 19.8 Å². The van der Waals surface area contributed by atoms with Gasteiger partial charge in [0.05, 0.1) is 35.3 Å². The molecule has 11 heteroatoms. The normalized spacial score (nSPS) is 17.6. The lowest BCUT2D eigenvalue weighted by atomic mass is 10.0. The van der Waals surface area contributed by atoms with Crippen molar-refractivity contribution < 1.29 is 13.9 Å². The number of thiazole rings is 1. The lowest BCUT2D eigenvalue weighted by Gasteiger charge is -2.37. The summed E-state index contributed by atoms with van der Waals surface area (Å²) in [6, 6.07) is 9.00. The predicted molar refractivity (Wildman–Crippen MR) is 150 cm³/mol. The Morgan fingerprint density at radius 2 is 1.95 bits per heavy atom. The molecule has 39 heavy (non-hydrogen) atoms. The third-order valence-electron chi connectivity index (χ3n) is 7.67. The fraction of sp³-hybridized carbons (Fsp3) is 0.321. The van der Waals surface area contributed by atoms with Crippen LogP contribution in [0.2, 0.25) is 0 Å². The van der Waals surface area contributed by atoms with E-state index in [0.717, 1.165) is 30.1 Å². The summed E-state index contributed by atoms with van der Waals surface area (Å²) in [6.07, 6.45) is 1.80. The molecule has 0 spiro atoms. The molecule has 5 heterocycles. The number of piperazine rings is 1. The molecule has 1 atom stereocenters. The predicted octanol–water partition coefficient (Wildman–Crippen LogP) is 4.29. The molecular weight excluding hydrogens is 519 g/mol. The molecule has 2 aromatic carbocycles. The first-order valence-electron chi connectivity index (χ1n) is 12.9. The molecule has 5 aromatic rings. The number of nitrogens with zero attached hydrogens (tertiary/aromatic N) is 6. The zero-order valence-electron chi connectivity index (χ0n) is 21.8. The maximum Gasteiger partial charge on any atom is 0.213 e. The number of rotatable bonds is 4. The Kier molecular flexibility index (Phi) is 5.60. The number of methoxy groups -OCH3 is 1. The van der Waals surface area contributed by atoms with Crippen LogP contribution in [-0.2, 0) is 0 Å². The summed E-state index contributed by atoms with van der Waals surface area (Å²) in [4.78, 5) is 23.4. The topological polar surface area (TPSA) is 77.1 Å². The van der Waals surface area contributed by atoms with E-state index in [0.29, 0.717) is 53.0 Å². The number of hydrogen-bond acceptors (Lipinski definition) is 8. The molecule has 0 saturated carbocycles. The molecule has 7 rings (SSSR count). The van der Waals surface area contributed by atoms with Crippen molar-refractivity contribution in [2.75, 3.05) is 51.8 Å². The minimum absolute atomic E-state index is 0.0574. The van der Waals surface area contributed by atoms with Crippen molar-refractivity contribution in [1.82, 2.24) is 24.1 Å². The van der Waals surface area contributed by atoms with Gasteiger partial charge < -0.3 is 23.8 Å². The minimum Gasteiger partial charge on any atom is -0.496 e. The quantitative estimate of drug-likeness (QED) is 0.333. The molecule has 1 saturated heterocycles. The van der Waals surface area contributed by atoms with E-state index in [1.54, 1.807) is 17.8 Å². The number of fused-ring (bicyclic) bond motifs is 1. The average molecular weight is 547 g/mol. The number of likely N-dealkylation sites (N-methyl/N-ethyl adjacent to an activating group) is 1. The van der Waals surface area contributed by atoms with Gasteiger partial charge in [-0.25, -0.2) is 8.91 Å². The molecule has 0 N–H and O–H groups in total. The fourth-order valence-electron chi connectivity index (χ4n) is 5.53. The first-order valence-corrected chi connectivity index (χ1v) is 13.8. The highest BCUT2D eigenvalue weighted by molar-refractivity contribution is 7.15. The molecule has 0 radical (unpaired) electrons. The van der Waals surface area contributed by atoms with Crippen molar-refractivity contribution in [1.29, 1.82) is 0 Å². The van der Waals surface area contributed by atoms with Crippen LogP contribution in [0.3, 0.4) is 0 Å². The number of anilines is 1. The van der Waals surface area contributed by atoms with Gasteiger partial charge in [0.1, 0.15) is 18.0 Å². The number of hydrogen-bond donors (Lipinski definition) is 0. The third kappa shape index (κ3) is 3.71. The van der Waals surface area contributed by atoms with Gasteiger partial charge in [-0.3, -0.25) is 4.79 Å². The number of para-hydroxylation sites is 1. The first kappa shape index (κ1) is 24.1. The molecule has 2 aliphatic rings. The molecule has 9 nitrogen and oxygen atoms in total. The maximum absolute atomic E-state index is 15.7. The van der Waals surface area contributed by atoms with Crippen molar-refractivity contribution in [3.8, 4) is 34.1 Å². The van der Waals surface area contributed by atoms with Gasteiger partial charge in [-0.05, 0) is 32.2 Å². The van der Waals surface area contributed by atoms with Crippen molar-refractivity contribution in [2.45, 2.75) is 13.0 Å². The Hall–Kier alpha value is -3.96. The third-order valence-corrected chi connectivity index (χ3v) is 8.48. The Bertz CT molecular complexity index is 1800. The number of benzene rings is 2. The highest BCUT2D eigenvalue weighted by Gasteiger charge is 2.31. The Morgan fingerprint density at radius 3 is 2.74 bits per heavy atom. The van der Waals surface area contributed by atoms with Crippen LogP contribution in [0.25, 0.3) is 38.5 Å². The van der Waals surface area contributed by atoms with Crippen LogP contribution >= 0.6 is 11.3 Å². The highest BCUT2D eigenvalue weighted by Crippen LogP contribution is 2.42. The zero-order valence-corrected chi connectivity index (χ0v) is 22.7. The molecule has 2 aliphatic heterocycles. The van der Waals surface area contributed by atoms with E-state index in [-0.39, 0.29) is 16.9 Å². The number of aromatic nitrogens is 4. The largest absolute Gasteiger partial charge is 0.496 e. The average Bonchev–Trinajstić information content (AvgIpc) is 3.53. The molecule has 1 unspecified atom stereocenters. The Balaban J connectivity index is 1.40. The molecule has 0 amide bonds. The molecule has 3 aromatic heterocycles. The van der Waals surface area contributed by atoms with Gasteiger partial charge in [0.25, 0.3) is 0 Å². The van der Waals surface area contributed by atoms with Gasteiger partial charge >= 0.3 is 0 Å². The summed E-state index contributed by atoms with van der Waals surface area (Å²) in [5.74, 6) is 1.01. The van der Waals surface area contributed by atoms with E-state index in [2.05, 4.69) is 11.9 Å². The van der Waals surface area contributed by atoms with Gasteiger partial charge in [-0.1, -0.05) is 12.1 Å². The van der Waals surface area contributed by atoms with E-state index in [1.165, 1.54) is 17.4 Å². The van der Waals surface area contributed by atoms with Crippen LogP contribution in [0.15, 0.2) is 46.7 Å². The van der Waals surface area contributed by atoms with Gasteiger partial charge in [-0.2, -0.15) is 4.98 Å².